The highest BCUT2D eigenvalue weighted by molar-refractivity contribution is 5.97. The lowest BCUT2D eigenvalue weighted by Crippen LogP contribution is -2.39. The summed E-state index contributed by atoms with van der Waals surface area (Å²) in [5.74, 6) is -2.31. The molecule has 0 radical (unpaired) electrons. The Balaban J connectivity index is 1.75. The number of amides is 2. The van der Waals surface area contributed by atoms with Gasteiger partial charge in [0.1, 0.15) is 23.4 Å². The van der Waals surface area contributed by atoms with Gasteiger partial charge in [-0.3, -0.25) is 9.59 Å². The van der Waals surface area contributed by atoms with Crippen LogP contribution in [0.2, 0.25) is 0 Å². The topological polar surface area (TPSA) is 81.2 Å². The molecule has 2 amide bonds. The third kappa shape index (κ3) is 3.34. The van der Waals surface area contributed by atoms with Crippen molar-refractivity contribution in [2.75, 3.05) is 7.05 Å². The molecule has 3 aromatic rings. The molecule has 0 fully saturated rings. The number of carbonyl (C=O) groups is 2. The number of halogens is 2. The lowest BCUT2D eigenvalue weighted by atomic mass is 10.0. The van der Waals surface area contributed by atoms with Gasteiger partial charge in [0, 0.05) is 18.3 Å². The number of primary amides is 1. The maximum absolute atomic E-state index is 14.4. The molecule has 0 spiro atoms. The molecule has 8 heteroatoms. The summed E-state index contributed by atoms with van der Waals surface area (Å²) in [5.41, 5.74) is 7.72. The fourth-order valence-corrected chi connectivity index (χ4v) is 3.97. The summed E-state index contributed by atoms with van der Waals surface area (Å²) in [6, 6.07) is 10.4. The largest absolute Gasteiger partial charge is 0.368 e. The first-order valence-electron chi connectivity index (χ1n) is 9.56. The number of rotatable bonds is 5. The van der Waals surface area contributed by atoms with E-state index in [2.05, 4.69) is 5.10 Å². The SMILES string of the molecule is CN(C(=O)c1nn(-c2ccccc2F)c2c1CCC2)C(C(N)=O)c1cccc(F)c1. The van der Waals surface area contributed by atoms with E-state index in [1.54, 1.807) is 18.2 Å². The van der Waals surface area contributed by atoms with Gasteiger partial charge in [-0.1, -0.05) is 24.3 Å². The summed E-state index contributed by atoms with van der Waals surface area (Å²) in [6.45, 7) is 0. The molecule has 0 saturated heterocycles. The molecule has 30 heavy (non-hydrogen) atoms. The number of fused-ring (bicyclic) bond motifs is 1. The van der Waals surface area contributed by atoms with Gasteiger partial charge in [-0.05, 0) is 49.1 Å². The Labute approximate surface area is 171 Å². The first-order chi connectivity index (χ1) is 14.4. The number of carbonyl (C=O) groups excluding carboxylic acids is 2. The monoisotopic (exact) mass is 410 g/mol. The molecular weight excluding hydrogens is 390 g/mol. The van der Waals surface area contributed by atoms with E-state index in [9.17, 15) is 18.4 Å². The van der Waals surface area contributed by atoms with E-state index in [0.717, 1.165) is 22.6 Å². The van der Waals surface area contributed by atoms with Crippen molar-refractivity contribution in [1.82, 2.24) is 14.7 Å². The molecular formula is C22H20F2N4O2. The van der Waals surface area contributed by atoms with Crippen LogP contribution in [0.4, 0.5) is 8.78 Å². The van der Waals surface area contributed by atoms with E-state index in [0.29, 0.717) is 12.8 Å². The van der Waals surface area contributed by atoms with Crippen LogP contribution in [0.15, 0.2) is 48.5 Å². The fourth-order valence-electron chi connectivity index (χ4n) is 3.97. The van der Waals surface area contributed by atoms with Gasteiger partial charge in [0.05, 0.1) is 0 Å². The zero-order valence-electron chi connectivity index (χ0n) is 16.3. The van der Waals surface area contributed by atoms with Gasteiger partial charge in [-0.2, -0.15) is 5.10 Å². The van der Waals surface area contributed by atoms with E-state index in [-0.39, 0.29) is 16.9 Å². The Kier molecular flexibility index (Phi) is 5.07. The molecule has 1 aromatic heterocycles. The van der Waals surface area contributed by atoms with Crippen molar-refractivity contribution >= 4 is 11.8 Å². The number of nitrogens with two attached hydrogens (primary N) is 1. The van der Waals surface area contributed by atoms with Gasteiger partial charge in [0.15, 0.2) is 5.69 Å². The number of para-hydroxylation sites is 1. The smallest absolute Gasteiger partial charge is 0.275 e. The molecule has 2 aromatic carbocycles. The molecule has 0 bridgehead atoms. The van der Waals surface area contributed by atoms with E-state index < -0.39 is 29.5 Å². The molecule has 1 atom stereocenters. The molecule has 4 rings (SSSR count). The first-order valence-corrected chi connectivity index (χ1v) is 9.56. The molecule has 1 heterocycles. The molecule has 6 nitrogen and oxygen atoms in total. The van der Waals surface area contributed by atoms with Crippen LogP contribution in [0, 0.1) is 11.6 Å². The van der Waals surface area contributed by atoms with E-state index in [4.69, 9.17) is 5.73 Å². The van der Waals surface area contributed by atoms with Crippen molar-refractivity contribution in [2.24, 2.45) is 5.73 Å². The van der Waals surface area contributed by atoms with Crippen LogP contribution >= 0.6 is 0 Å². The van der Waals surface area contributed by atoms with E-state index in [1.165, 1.54) is 42.1 Å². The summed E-state index contributed by atoms with van der Waals surface area (Å²) >= 11 is 0. The summed E-state index contributed by atoms with van der Waals surface area (Å²) < 4.78 is 29.5. The summed E-state index contributed by atoms with van der Waals surface area (Å²) in [7, 11) is 1.42. The van der Waals surface area contributed by atoms with Gasteiger partial charge in [0.25, 0.3) is 5.91 Å². The molecule has 2 N–H and O–H groups in total. The summed E-state index contributed by atoms with van der Waals surface area (Å²) in [5, 5.41) is 4.40. The van der Waals surface area contributed by atoms with Crippen molar-refractivity contribution < 1.29 is 18.4 Å². The fraction of sp³-hybridized carbons (Fsp3) is 0.227. The highest BCUT2D eigenvalue weighted by atomic mass is 19.1. The molecule has 0 saturated carbocycles. The van der Waals surface area contributed by atoms with Crippen LogP contribution in [-0.2, 0) is 17.6 Å². The van der Waals surface area contributed by atoms with E-state index in [1.807, 2.05) is 0 Å². The van der Waals surface area contributed by atoms with Crippen LogP contribution in [-0.4, -0.2) is 33.5 Å². The second-order valence-corrected chi connectivity index (χ2v) is 7.27. The third-order valence-electron chi connectivity index (χ3n) is 5.35. The molecule has 154 valence electrons. The van der Waals surface area contributed by atoms with Crippen LogP contribution in [0.5, 0.6) is 0 Å². The molecule has 1 aliphatic rings. The number of nitrogens with zero attached hydrogens (tertiary/aromatic N) is 3. The Morgan fingerprint density at radius 2 is 1.90 bits per heavy atom. The van der Waals surface area contributed by atoms with Crippen molar-refractivity contribution in [3.05, 3.63) is 82.7 Å². The second-order valence-electron chi connectivity index (χ2n) is 7.27. The summed E-state index contributed by atoms with van der Waals surface area (Å²) in [4.78, 5) is 26.6. The minimum atomic E-state index is -1.16. The normalized spacial score (nSPS) is 13.7. The van der Waals surface area contributed by atoms with Crippen molar-refractivity contribution in [1.29, 1.82) is 0 Å². The van der Waals surface area contributed by atoms with Crippen molar-refractivity contribution in [3.63, 3.8) is 0 Å². The number of hydrogen-bond donors (Lipinski definition) is 1. The molecule has 1 aliphatic carbocycles. The Morgan fingerprint density at radius 1 is 1.13 bits per heavy atom. The average Bonchev–Trinajstić information content (AvgIpc) is 3.31. The highest BCUT2D eigenvalue weighted by Gasteiger charge is 2.33. The standard InChI is InChI=1S/C22H20F2N4O2/c1-27(20(21(25)29)13-6-4-7-14(23)12-13)22(30)19-15-8-5-11-17(15)28(26-19)18-10-3-2-9-16(18)24/h2-4,6-7,9-10,12,20H,5,8,11H2,1H3,(H2,25,29). The maximum Gasteiger partial charge on any atom is 0.275 e. The lowest BCUT2D eigenvalue weighted by molar-refractivity contribution is -0.122. The number of aromatic nitrogens is 2. The number of hydrogen-bond acceptors (Lipinski definition) is 3. The Bertz CT molecular complexity index is 1140. The highest BCUT2D eigenvalue weighted by Crippen LogP contribution is 2.31. The van der Waals surface area contributed by atoms with Crippen molar-refractivity contribution in [3.8, 4) is 5.69 Å². The predicted molar refractivity (Wildman–Crippen MR) is 106 cm³/mol. The third-order valence-corrected chi connectivity index (χ3v) is 5.35. The van der Waals surface area contributed by atoms with Gasteiger partial charge in [0.2, 0.25) is 5.91 Å². The van der Waals surface area contributed by atoms with Gasteiger partial charge < -0.3 is 10.6 Å². The first kappa shape index (κ1) is 19.8. The second kappa shape index (κ2) is 7.70. The molecule has 0 aliphatic heterocycles. The Morgan fingerprint density at radius 3 is 2.60 bits per heavy atom. The van der Waals surface area contributed by atoms with Crippen LogP contribution in [0.3, 0.4) is 0 Å². The zero-order valence-corrected chi connectivity index (χ0v) is 16.3. The van der Waals surface area contributed by atoms with Crippen LogP contribution in [0.1, 0.15) is 39.8 Å². The van der Waals surface area contributed by atoms with E-state index >= 15 is 0 Å². The lowest BCUT2D eigenvalue weighted by Gasteiger charge is -2.25. The minimum Gasteiger partial charge on any atom is -0.368 e. The predicted octanol–water partition coefficient (Wildman–Crippen LogP) is 2.94. The van der Waals surface area contributed by atoms with Crippen LogP contribution in [0.25, 0.3) is 5.69 Å². The number of benzene rings is 2. The Hall–Kier alpha value is -3.55. The maximum atomic E-state index is 14.4. The van der Waals surface area contributed by atoms with Crippen molar-refractivity contribution in [2.45, 2.75) is 25.3 Å². The zero-order chi connectivity index (χ0) is 21.4. The average molecular weight is 410 g/mol. The summed E-state index contributed by atoms with van der Waals surface area (Å²) in [6.07, 6.45) is 2.10. The quantitative estimate of drug-likeness (QED) is 0.702. The van der Waals surface area contributed by atoms with Gasteiger partial charge in [-0.25, -0.2) is 13.5 Å². The minimum absolute atomic E-state index is 0.149. The van der Waals surface area contributed by atoms with Gasteiger partial charge >= 0.3 is 0 Å². The molecule has 1 unspecified atom stereocenters. The number of likely N-dealkylation sites (N-methyl/N-ethyl adjacent to an activating group) is 1. The van der Waals surface area contributed by atoms with Crippen LogP contribution < -0.4 is 5.73 Å². The van der Waals surface area contributed by atoms with Gasteiger partial charge in [-0.15, -0.1) is 0 Å².